The van der Waals surface area contributed by atoms with Crippen molar-refractivity contribution in [2.75, 3.05) is 5.32 Å². The molecule has 1 amide bonds. The number of hydrogen-bond acceptors (Lipinski definition) is 1. The summed E-state index contributed by atoms with van der Waals surface area (Å²) in [5.41, 5.74) is 2.84. The first kappa shape index (κ1) is 14.0. The van der Waals surface area contributed by atoms with Crippen LogP contribution in [0.25, 0.3) is 10.9 Å². The Balaban J connectivity index is 1.90. The normalized spacial score (nSPS) is 10.8. The molecule has 5 heteroatoms. The first-order chi connectivity index (χ1) is 10.0. The molecule has 0 aliphatic heterocycles. The van der Waals surface area contributed by atoms with E-state index in [2.05, 4.69) is 10.3 Å². The number of carbonyl (C=O) groups is 1. The fourth-order valence-corrected chi connectivity index (χ4v) is 2.55. The summed E-state index contributed by atoms with van der Waals surface area (Å²) in [6, 6.07) is 10.8. The van der Waals surface area contributed by atoms with Gasteiger partial charge in [-0.1, -0.05) is 29.3 Å². The minimum atomic E-state index is -0.228. The van der Waals surface area contributed by atoms with Crippen molar-refractivity contribution in [1.29, 1.82) is 0 Å². The first-order valence-corrected chi connectivity index (χ1v) is 7.14. The van der Waals surface area contributed by atoms with Crippen LogP contribution in [0.5, 0.6) is 0 Å². The number of amides is 1. The van der Waals surface area contributed by atoms with Crippen LogP contribution in [0.1, 0.15) is 15.9 Å². The highest BCUT2D eigenvalue weighted by molar-refractivity contribution is 6.36. The average molecular weight is 319 g/mol. The third-order valence-corrected chi connectivity index (χ3v) is 4.03. The summed E-state index contributed by atoms with van der Waals surface area (Å²) >= 11 is 12.2. The largest absolute Gasteiger partial charge is 0.361 e. The van der Waals surface area contributed by atoms with Gasteiger partial charge < -0.3 is 10.3 Å². The standard InChI is InChI=1S/C16H12Cl2N2O/c1-9-6-13(18)15(8-12(9)17)20-16(21)11-3-2-10-4-5-19-14(10)7-11/h2-8,19H,1H3,(H,20,21). The molecule has 3 nitrogen and oxygen atoms in total. The number of aryl methyl sites for hydroxylation is 1. The molecule has 0 fully saturated rings. The molecule has 3 aromatic rings. The predicted molar refractivity (Wildman–Crippen MR) is 87.5 cm³/mol. The van der Waals surface area contributed by atoms with Gasteiger partial charge in [-0.05, 0) is 48.2 Å². The fraction of sp³-hybridized carbons (Fsp3) is 0.0625. The highest BCUT2D eigenvalue weighted by Gasteiger charge is 2.11. The third-order valence-electron chi connectivity index (χ3n) is 3.31. The molecule has 2 aromatic carbocycles. The van der Waals surface area contributed by atoms with Crippen LogP contribution in [0.4, 0.5) is 5.69 Å². The van der Waals surface area contributed by atoms with Crippen LogP contribution in [-0.4, -0.2) is 10.9 Å². The van der Waals surface area contributed by atoms with Gasteiger partial charge >= 0.3 is 0 Å². The lowest BCUT2D eigenvalue weighted by molar-refractivity contribution is 0.102. The second-order valence-corrected chi connectivity index (χ2v) is 5.63. The molecule has 21 heavy (non-hydrogen) atoms. The predicted octanol–water partition coefficient (Wildman–Crippen LogP) is 5.04. The summed E-state index contributed by atoms with van der Waals surface area (Å²) in [4.78, 5) is 15.4. The number of aromatic amines is 1. The molecule has 106 valence electrons. The van der Waals surface area contributed by atoms with Gasteiger partial charge in [0.2, 0.25) is 0 Å². The summed E-state index contributed by atoms with van der Waals surface area (Å²) in [5, 5.41) is 4.87. The molecule has 1 heterocycles. The Bertz CT molecular complexity index is 839. The van der Waals surface area contributed by atoms with Gasteiger partial charge in [0.05, 0.1) is 10.7 Å². The summed E-state index contributed by atoms with van der Waals surface area (Å²) in [6.07, 6.45) is 1.84. The van der Waals surface area contributed by atoms with Crippen LogP contribution < -0.4 is 5.32 Å². The lowest BCUT2D eigenvalue weighted by atomic mass is 10.1. The Morgan fingerprint density at radius 1 is 1.10 bits per heavy atom. The SMILES string of the molecule is Cc1cc(Cl)c(NC(=O)c2ccc3cc[nH]c3c2)cc1Cl. The Morgan fingerprint density at radius 3 is 2.71 bits per heavy atom. The summed E-state index contributed by atoms with van der Waals surface area (Å²) in [6.45, 7) is 1.86. The minimum absolute atomic E-state index is 0.228. The van der Waals surface area contributed by atoms with E-state index in [9.17, 15) is 4.79 Å². The Morgan fingerprint density at radius 2 is 1.90 bits per heavy atom. The Labute approximate surface area is 131 Å². The molecule has 0 aliphatic rings. The average Bonchev–Trinajstić information content (AvgIpc) is 2.92. The Kier molecular flexibility index (Phi) is 3.62. The van der Waals surface area contributed by atoms with E-state index in [0.717, 1.165) is 16.5 Å². The van der Waals surface area contributed by atoms with Gasteiger partial charge in [-0.3, -0.25) is 4.79 Å². The second kappa shape index (κ2) is 5.43. The summed E-state index contributed by atoms with van der Waals surface area (Å²) in [5.74, 6) is -0.228. The summed E-state index contributed by atoms with van der Waals surface area (Å²) < 4.78 is 0. The molecular formula is C16H12Cl2N2O. The number of H-pyrrole nitrogens is 1. The van der Waals surface area contributed by atoms with Crippen LogP contribution in [0, 0.1) is 6.92 Å². The van der Waals surface area contributed by atoms with E-state index in [0.29, 0.717) is 21.3 Å². The van der Waals surface area contributed by atoms with E-state index in [-0.39, 0.29) is 5.91 Å². The lowest BCUT2D eigenvalue weighted by Crippen LogP contribution is -2.12. The molecule has 0 bridgehead atoms. The van der Waals surface area contributed by atoms with Gasteiger partial charge in [0, 0.05) is 22.3 Å². The van der Waals surface area contributed by atoms with E-state index in [1.807, 2.05) is 25.3 Å². The van der Waals surface area contributed by atoms with Crippen molar-refractivity contribution in [1.82, 2.24) is 4.98 Å². The number of benzene rings is 2. The molecule has 0 saturated heterocycles. The smallest absolute Gasteiger partial charge is 0.255 e. The first-order valence-electron chi connectivity index (χ1n) is 6.39. The second-order valence-electron chi connectivity index (χ2n) is 4.82. The number of fused-ring (bicyclic) bond motifs is 1. The zero-order valence-corrected chi connectivity index (χ0v) is 12.7. The molecule has 0 spiro atoms. The van der Waals surface area contributed by atoms with Crippen molar-refractivity contribution in [3.05, 3.63) is 63.8 Å². The highest BCUT2D eigenvalue weighted by atomic mass is 35.5. The minimum Gasteiger partial charge on any atom is -0.361 e. The zero-order chi connectivity index (χ0) is 15.0. The van der Waals surface area contributed by atoms with Crippen molar-refractivity contribution in [2.24, 2.45) is 0 Å². The van der Waals surface area contributed by atoms with E-state index < -0.39 is 0 Å². The van der Waals surface area contributed by atoms with Crippen LogP contribution in [0.15, 0.2) is 42.6 Å². The van der Waals surface area contributed by atoms with Crippen molar-refractivity contribution >= 4 is 45.7 Å². The number of nitrogens with one attached hydrogen (secondary N) is 2. The number of hydrogen-bond donors (Lipinski definition) is 2. The quantitative estimate of drug-likeness (QED) is 0.683. The van der Waals surface area contributed by atoms with Crippen molar-refractivity contribution in [2.45, 2.75) is 6.92 Å². The van der Waals surface area contributed by atoms with Gasteiger partial charge in [-0.25, -0.2) is 0 Å². The van der Waals surface area contributed by atoms with Gasteiger partial charge in [0.15, 0.2) is 0 Å². The van der Waals surface area contributed by atoms with E-state index in [1.165, 1.54) is 0 Å². The van der Waals surface area contributed by atoms with Crippen LogP contribution >= 0.6 is 23.2 Å². The van der Waals surface area contributed by atoms with Crippen molar-refractivity contribution < 1.29 is 4.79 Å². The van der Waals surface area contributed by atoms with Crippen molar-refractivity contribution in [3.8, 4) is 0 Å². The maximum Gasteiger partial charge on any atom is 0.255 e. The number of anilines is 1. The maximum atomic E-state index is 12.3. The van der Waals surface area contributed by atoms with E-state index in [1.54, 1.807) is 24.3 Å². The number of carbonyl (C=O) groups excluding carboxylic acids is 1. The molecule has 2 N–H and O–H groups in total. The van der Waals surface area contributed by atoms with Crippen LogP contribution in [0.3, 0.4) is 0 Å². The number of rotatable bonds is 2. The molecule has 3 rings (SSSR count). The van der Waals surface area contributed by atoms with E-state index in [4.69, 9.17) is 23.2 Å². The highest BCUT2D eigenvalue weighted by Crippen LogP contribution is 2.29. The third kappa shape index (κ3) is 2.75. The summed E-state index contributed by atoms with van der Waals surface area (Å²) in [7, 11) is 0. The van der Waals surface area contributed by atoms with Gasteiger partial charge in [-0.15, -0.1) is 0 Å². The van der Waals surface area contributed by atoms with Gasteiger partial charge in [0.1, 0.15) is 0 Å². The number of aromatic nitrogens is 1. The molecular weight excluding hydrogens is 307 g/mol. The van der Waals surface area contributed by atoms with E-state index >= 15 is 0 Å². The molecule has 1 aromatic heterocycles. The molecule has 0 saturated carbocycles. The van der Waals surface area contributed by atoms with Crippen LogP contribution in [-0.2, 0) is 0 Å². The molecule has 0 aliphatic carbocycles. The zero-order valence-electron chi connectivity index (χ0n) is 11.2. The maximum absolute atomic E-state index is 12.3. The number of halogens is 2. The molecule has 0 radical (unpaired) electrons. The topological polar surface area (TPSA) is 44.9 Å². The Hall–Kier alpha value is -1.97. The lowest BCUT2D eigenvalue weighted by Gasteiger charge is -2.09. The van der Waals surface area contributed by atoms with Crippen LogP contribution in [0.2, 0.25) is 10.0 Å². The molecule has 0 atom stereocenters. The van der Waals surface area contributed by atoms with Gasteiger partial charge in [-0.2, -0.15) is 0 Å². The fourth-order valence-electron chi connectivity index (χ4n) is 2.13. The molecule has 0 unspecified atom stereocenters. The van der Waals surface area contributed by atoms with Gasteiger partial charge in [0.25, 0.3) is 5.91 Å². The monoisotopic (exact) mass is 318 g/mol. The van der Waals surface area contributed by atoms with Crippen molar-refractivity contribution in [3.63, 3.8) is 0 Å².